The van der Waals surface area contributed by atoms with E-state index in [1.807, 2.05) is 7.05 Å². The molecule has 0 saturated heterocycles. The summed E-state index contributed by atoms with van der Waals surface area (Å²) in [7, 11) is 3.99. The summed E-state index contributed by atoms with van der Waals surface area (Å²) < 4.78 is 0. The second kappa shape index (κ2) is 9.77. The number of nitrogens with one attached hydrogen (secondary N) is 2. The molecule has 1 rings (SSSR count). The summed E-state index contributed by atoms with van der Waals surface area (Å²) in [6.45, 7) is 8.34. The highest BCUT2D eigenvalue weighted by molar-refractivity contribution is 7.10. The highest BCUT2D eigenvalue weighted by atomic mass is 32.1. The molecule has 5 heteroatoms. The minimum atomic E-state index is 0.842. The molecule has 0 aromatic carbocycles. The highest BCUT2D eigenvalue weighted by Gasteiger charge is 2.02. The second-order valence-corrected chi connectivity index (χ2v) is 6.04. The number of aryl methyl sites for hydroxylation is 1. The first-order chi connectivity index (χ1) is 9.67. The van der Waals surface area contributed by atoms with Gasteiger partial charge in [0.25, 0.3) is 0 Å². The molecule has 0 aliphatic carbocycles. The van der Waals surface area contributed by atoms with Crippen LogP contribution in [0.15, 0.2) is 16.4 Å². The first-order valence-electron chi connectivity index (χ1n) is 7.33. The Kier molecular flexibility index (Phi) is 8.30. The molecule has 4 nitrogen and oxygen atoms in total. The topological polar surface area (TPSA) is 39.7 Å². The lowest BCUT2D eigenvalue weighted by Gasteiger charge is -2.17. The molecule has 0 saturated carbocycles. The van der Waals surface area contributed by atoms with Crippen LogP contribution in [0.25, 0.3) is 0 Å². The van der Waals surface area contributed by atoms with Crippen molar-refractivity contribution in [3.05, 3.63) is 21.9 Å². The van der Waals surface area contributed by atoms with Crippen molar-refractivity contribution in [2.45, 2.75) is 33.2 Å². The van der Waals surface area contributed by atoms with Gasteiger partial charge in [-0.05, 0) is 43.9 Å². The van der Waals surface area contributed by atoms with E-state index in [9.17, 15) is 0 Å². The van der Waals surface area contributed by atoms with E-state index in [0.29, 0.717) is 0 Å². The van der Waals surface area contributed by atoms with Crippen molar-refractivity contribution >= 4 is 17.3 Å². The molecule has 1 aromatic heterocycles. The average Bonchev–Trinajstić information content (AvgIpc) is 2.85. The van der Waals surface area contributed by atoms with E-state index in [0.717, 1.165) is 25.6 Å². The smallest absolute Gasteiger partial charge is 0.191 e. The van der Waals surface area contributed by atoms with Gasteiger partial charge in [0.2, 0.25) is 0 Å². The maximum absolute atomic E-state index is 4.26. The summed E-state index contributed by atoms with van der Waals surface area (Å²) in [6.07, 6.45) is 2.52. The van der Waals surface area contributed by atoms with Crippen LogP contribution in [0, 0.1) is 6.92 Å². The van der Waals surface area contributed by atoms with Crippen LogP contribution < -0.4 is 10.6 Å². The lowest BCUT2D eigenvalue weighted by Crippen LogP contribution is -2.40. The monoisotopic (exact) mass is 296 g/mol. The van der Waals surface area contributed by atoms with Crippen LogP contribution in [-0.4, -0.2) is 44.6 Å². The molecule has 0 spiro atoms. The quantitative estimate of drug-likeness (QED) is 0.572. The molecule has 0 unspecified atom stereocenters. The second-order valence-electron chi connectivity index (χ2n) is 5.04. The third-order valence-corrected chi connectivity index (χ3v) is 4.31. The van der Waals surface area contributed by atoms with Crippen LogP contribution in [0.5, 0.6) is 0 Å². The summed E-state index contributed by atoms with van der Waals surface area (Å²) in [5.74, 6) is 0.877. The molecule has 0 aliphatic rings. The highest BCUT2D eigenvalue weighted by Crippen LogP contribution is 2.14. The van der Waals surface area contributed by atoms with Crippen molar-refractivity contribution in [3.63, 3.8) is 0 Å². The van der Waals surface area contributed by atoms with Gasteiger partial charge in [0.1, 0.15) is 0 Å². The number of unbranched alkanes of at least 4 members (excludes halogenated alkanes) is 1. The largest absolute Gasteiger partial charge is 0.355 e. The minimum Gasteiger partial charge on any atom is -0.355 e. The molecule has 2 N–H and O–H groups in total. The predicted octanol–water partition coefficient (Wildman–Crippen LogP) is 2.45. The van der Waals surface area contributed by atoms with Crippen molar-refractivity contribution in [3.8, 4) is 0 Å². The van der Waals surface area contributed by atoms with Gasteiger partial charge in [0, 0.05) is 25.0 Å². The number of thiophene rings is 1. The van der Waals surface area contributed by atoms with E-state index in [2.05, 4.69) is 52.9 Å². The summed E-state index contributed by atoms with van der Waals surface area (Å²) in [5, 5.41) is 8.85. The van der Waals surface area contributed by atoms with E-state index in [1.165, 1.54) is 29.8 Å². The fourth-order valence-corrected chi connectivity index (χ4v) is 2.72. The van der Waals surface area contributed by atoms with Gasteiger partial charge in [-0.25, -0.2) is 0 Å². The van der Waals surface area contributed by atoms with Gasteiger partial charge in [-0.15, -0.1) is 11.3 Å². The molecule has 0 radical (unpaired) electrons. The van der Waals surface area contributed by atoms with Crippen molar-refractivity contribution in [1.29, 1.82) is 0 Å². The van der Waals surface area contributed by atoms with Crippen LogP contribution >= 0.6 is 11.3 Å². The third-order valence-electron chi connectivity index (χ3n) is 3.29. The average molecular weight is 296 g/mol. The van der Waals surface area contributed by atoms with Crippen LogP contribution in [-0.2, 0) is 6.54 Å². The van der Waals surface area contributed by atoms with E-state index < -0.39 is 0 Å². The Bertz CT molecular complexity index is 400. The van der Waals surface area contributed by atoms with Crippen LogP contribution in [0.1, 0.15) is 30.2 Å². The Hall–Kier alpha value is -1.07. The van der Waals surface area contributed by atoms with Gasteiger partial charge in [0.05, 0.1) is 6.54 Å². The number of nitrogens with zero attached hydrogens (tertiary/aromatic N) is 2. The number of aliphatic imine (C=N–C) groups is 1. The van der Waals surface area contributed by atoms with Gasteiger partial charge in [-0.2, -0.15) is 0 Å². The molecule has 114 valence electrons. The number of likely N-dealkylation sites (N-methyl/N-ethyl adjacent to an activating group) is 1. The van der Waals surface area contributed by atoms with E-state index >= 15 is 0 Å². The standard InChI is InChI=1S/C15H28N4S/c1-5-6-9-19(4)10-8-17-15(16-3)18-12-14-13(2)7-11-20-14/h7,11H,5-6,8-10,12H2,1-4H3,(H2,16,17,18). The Morgan fingerprint density at radius 1 is 1.35 bits per heavy atom. The summed E-state index contributed by atoms with van der Waals surface area (Å²) in [5.41, 5.74) is 1.34. The minimum absolute atomic E-state index is 0.842. The van der Waals surface area contributed by atoms with E-state index in [1.54, 1.807) is 11.3 Å². The number of rotatable bonds is 8. The molecule has 0 fully saturated rings. The van der Waals surface area contributed by atoms with Gasteiger partial charge >= 0.3 is 0 Å². The van der Waals surface area contributed by atoms with Crippen molar-refractivity contribution in [1.82, 2.24) is 15.5 Å². The molecule has 0 bridgehead atoms. The van der Waals surface area contributed by atoms with Gasteiger partial charge in [-0.3, -0.25) is 4.99 Å². The lowest BCUT2D eigenvalue weighted by atomic mass is 10.3. The summed E-state index contributed by atoms with van der Waals surface area (Å²) >= 11 is 1.79. The first-order valence-corrected chi connectivity index (χ1v) is 8.21. The maximum Gasteiger partial charge on any atom is 0.191 e. The molecular formula is C15H28N4S. The van der Waals surface area contributed by atoms with Gasteiger partial charge < -0.3 is 15.5 Å². The Morgan fingerprint density at radius 3 is 2.75 bits per heavy atom. The van der Waals surface area contributed by atoms with Crippen LogP contribution in [0.3, 0.4) is 0 Å². The zero-order valence-electron chi connectivity index (χ0n) is 13.2. The number of hydrogen-bond donors (Lipinski definition) is 2. The molecule has 0 amide bonds. The van der Waals surface area contributed by atoms with Crippen molar-refractivity contribution in [2.24, 2.45) is 4.99 Å². The molecule has 0 aliphatic heterocycles. The fourth-order valence-electron chi connectivity index (χ4n) is 1.87. The summed E-state index contributed by atoms with van der Waals surface area (Å²) in [4.78, 5) is 7.98. The van der Waals surface area contributed by atoms with E-state index in [4.69, 9.17) is 0 Å². The maximum atomic E-state index is 4.26. The molecule has 1 heterocycles. The first kappa shape index (κ1) is 17.0. The number of guanidine groups is 1. The van der Waals surface area contributed by atoms with E-state index in [-0.39, 0.29) is 0 Å². The van der Waals surface area contributed by atoms with Gasteiger partial charge in [0.15, 0.2) is 5.96 Å². The third kappa shape index (κ3) is 6.39. The zero-order valence-corrected chi connectivity index (χ0v) is 14.0. The molecule has 20 heavy (non-hydrogen) atoms. The Balaban J connectivity index is 2.22. The molecule has 0 atom stereocenters. The zero-order chi connectivity index (χ0) is 14.8. The fraction of sp³-hybridized carbons (Fsp3) is 0.667. The van der Waals surface area contributed by atoms with Crippen LogP contribution in [0.2, 0.25) is 0 Å². The lowest BCUT2D eigenvalue weighted by molar-refractivity contribution is 0.332. The molecular weight excluding hydrogens is 268 g/mol. The van der Waals surface area contributed by atoms with Crippen LogP contribution in [0.4, 0.5) is 0 Å². The Labute approximate surface area is 127 Å². The SMILES string of the molecule is CCCCN(C)CCNC(=NC)NCc1sccc1C. The normalized spacial score (nSPS) is 11.9. The van der Waals surface area contributed by atoms with Crippen molar-refractivity contribution in [2.75, 3.05) is 33.7 Å². The van der Waals surface area contributed by atoms with Crippen molar-refractivity contribution < 1.29 is 0 Å². The predicted molar refractivity (Wildman–Crippen MR) is 89.7 cm³/mol. The van der Waals surface area contributed by atoms with Gasteiger partial charge in [-0.1, -0.05) is 13.3 Å². The molecule has 1 aromatic rings. The summed E-state index contributed by atoms with van der Waals surface area (Å²) in [6, 6.07) is 2.15. The Morgan fingerprint density at radius 2 is 2.15 bits per heavy atom. The number of hydrogen-bond acceptors (Lipinski definition) is 3.